The molecule has 0 radical (unpaired) electrons. The number of carbonyl (C=O) groups is 1. The number of aldehydes is 1. The Morgan fingerprint density at radius 1 is 1.31 bits per heavy atom. The van der Waals surface area contributed by atoms with Crippen molar-refractivity contribution in [1.82, 2.24) is 0 Å². The molecule has 0 saturated heterocycles. The van der Waals surface area contributed by atoms with Gasteiger partial charge in [-0.15, -0.1) is 0 Å². The van der Waals surface area contributed by atoms with Crippen LogP contribution in [0.5, 0.6) is 5.75 Å². The van der Waals surface area contributed by atoms with Gasteiger partial charge in [0.15, 0.2) is 6.29 Å². The lowest BCUT2D eigenvalue weighted by atomic mass is 10.1. The molecule has 0 aromatic heterocycles. The van der Waals surface area contributed by atoms with Gasteiger partial charge in [-0.1, -0.05) is 19.4 Å². The van der Waals surface area contributed by atoms with Crippen LogP contribution in [0.3, 0.4) is 0 Å². The van der Waals surface area contributed by atoms with E-state index in [1.54, 1.807) is 0 Å². The Kier molecular flexibility index (Phi) is 1.47. The van der Waals surface area contributed by atoms with Crippen LogP contribution in [0.2, 0.25) is 0 Å². The summed E-state index contributed by atoms with van der Waals surface area (Å²) in [5, 5.41) is 9.29. The van der Waals surface area contributed by atoms with E-state index in [1.165, 1.54) is 0 Å². The maximum absolute atomic E-state index is 12.6. The Bertz CT molecular complexity index is 552. The smallest absolute Gasteiger partial charge is 0.310 e. The summed E-state index contributed by atoms with van der Waals surface area (Å²) < 4.78 is 83.5. The van der Waals surface area contributed by atoms with E-state index in [0.29, 0.717) is 0 Å². The van der Waals surface area contributed by atoms with Crippen molar-refractivity contribution < 1.29 is 33.4 Å². The molecule has 16 heavy (non-hydrogen) atoms. The molecule has 0 aliphatic rings. The molecule has 0 atom stereocenters. The number of aryl methyl sites for hydroxylation is 1. The van der Waals surface area contributed by atoms with Crippen LogP contribution in [0, 0.1) is 6.85 Å². The minimum Gasteiger partial charge on any atom is -0.507 e. The normalized spacial score (nSPS) is 19.9. The lowest BCUT2D eigenvalue weighted by molar-refractivity contribution is 0.112. The molecule has 0 unspecified atom stereocenters. The first-order valence-electron chi connectivity index (χ1n) is 5.13. The summed E-state index contributed by atoms with van der Waals surface area (Å²) >= 11 is 0. The van der Waals surface area contributed by atoms with Crippen molar-refractivity contribution in [3.8, 4) is 5.75 Å². The number of rotatable bonds is 2. The number of benzene rings is 1. The Morgan fingerprint density at radius 3 is 2.25 bits per heavy atom. The van der Waals surface area contributed by atoms with Gasteiger partial charge < -0.3 is 5.11 Å². The van der Waals surface area contributed by atoms with E-state index >= 15 is 0 Å². The van der Waals surface area contributed by atoms with Gasteiger partial charge in [-0.3, -0.25) is 4.79 Å². The predicted octanol–water partition coefficient (Wildman–Crippen LogP) is 4.17. The fraction of sp³-hybridized carbons (Fsp3) is 0.125. The Hall–Kier alpha value is -1.31. The fourth-order valence-electron chi connectivity index (χ4n) is 0.942. The highest BCUT2D eigenvalue weighted by molar-refractivity contribution is 8.45. The van der Waals surface area contributed by atoms with Crippen LogP contribution in [0.25, 0.3) is 0 Å². The molecule has 0 aliphatic carbocycles. The molecular formula is C8H7F5O2S. The SMILES string of the molecule is [2H]C([2H])([2H])c1cc(S(F)(F)(F)(F)F)cc(C=O)c1O. The van der Waals surface area contributed by atoms with E-state index in [1.807, 2.05) is 0 Å². The summed E-state index contributed by atoms with van der Waals surface area (Å²) in [5.41, 5.74) is -2.53. The van der Waals surface area contributed by atoms with E-state index < -0.39 is 38.8 Å². The Morgan fingerprint density at radius 2 is 1.88 bits per heavy atom. The third-order valence-corrected chi connectivity index (χ3v) is 2.81. The van der Waals surface area contributed by atoms with Crippen LogP contribution in [-0.4, -0.2) is 11.4 Å². The number of phenolic OH excluding ortho intramolecular Hbond substituents is 1. The van der Waals surface area contributed by atoms with Crippen LogP contribution in [0.1, 0.15) is 20.0 Å². The first kappa shape index (κ1) is 8.80. The second kappa shape index (κ2) is 2.68. The minimum atomic E-state index is -10.1. The summed E-state index contributed by atoms with van der Waals surface area (Å²) in [5.74, 6) is -1.28. The molecule has 2 nitrogen and oxygen atoms in total. The van der Waals surface area contributed by atoms with Crippen LogP contribution in [-0.2, 0) is 0 Å². The zero-order valence-corrected chi connectivity index (χ0v) is 8.20. The van der Waals surface area contributed by atoms with Crippen molar-refractivity contribution in [3.05, 3.63) is 23.3 Å². The second-order valence-electron chi connectivity index (χ2n) is 3.00. The summed E-state index contributed by atoms with van der Waals surface area (Å²) in [6, 6.07) is -0.643. The highest BCUT2D eigenvalue weighted by Crippen LogP contribution is 3.02. The van der Waals surface area contributed by atoms with Crippen LogP contribution in [0.4, 0.5) is 19.4 Å². The minimum absolute atomic E-state index is 0.279. The summed E-state index contributed by atoms with van der Waals surface area (Å²) in [7, 11) is -10.1. The van der Waals surface area contributed by atoms with Crippen molar-refractivity contribution in [2.75, 3.05) is 0 Å². The highest BCUT2D eigenvalue weighted by Gasteiger charge is 2.65. The molecule has 0 heterocycles. The second-order valence-corrected chi connectivity index (χ2v) is 5.40. The maximum atomic E-state index is 12.6. The van der Waals surface area contributed by atoms with Gasteiger partial charge in [0.25, 0.3) is 0 Å². The average Bonchev–Trinajstić information content (AvgIpc) is 2.11. The van der Waals surface area contributed by atoms with Gasteiger partial charge in [-0.25, -0.2) is 0 Å². The molecule has 0 bridgehead atoms. The summed E-state index contributed by atoms with van der Waals surface area (Å²) in [6.07, 6.45) is -0.336. The molecule has 92 valence electrons. The molecule has 1 aromatic rings. The van der Waals surface area contributed by atoms with Gasteiger partial charge in [0, 0.05) is 4.11 Å². The first-order chi connectivity index (χ1) is 8.06. The van der Waals surface area contributed by atoms with Gasteiger partial charge in [0.1, 0.15) is 10.6 Å². The number of hydrogen-bond donors (Lipinski definition) is 1. The Balaban J connectivity index is 3.80. The van der Waals surface area contributed by atoms with E-state index in [2.05, 4.69) is 0 Å². The zero-order chi connectivity index (χ0) is 15.3. The van der Waals surface area contributed by atoms with E-state index in [9.17, 15) is 29.3 Å². The molecule has 8 heteroatoms. The number of halogens is 5. The fourth-order valence-corrected chi connectivity index (χ4v) is 1.63. The van der Waals surface area contributed by atoms with E-state index in [4.69, 9.17) is 4.11 Å². The molecule has 0 fully saturated rings. The van der Waals surface area contributed by atoms with Crippen LogP contribution in [0.15, 0.2) is 17.0 Å². The third-order valence-electron chi connectivity index (χ3n) is 1.69. The van der Waals surface area contributed by atoms with Crippen molar-refractivity contribution in [3.63, 3.8) is 0 Å². The number of phenols is 1. The van der Waals surface area contributed by atoms with Crippen LogP contribution < -0.4 is 0 Å². The maximum Gasteiger partial charge on any atom is 0.310 e. The largest absolute Gasteiger partial charge is 0.507 e. The topological polar surface area (TPSA) is 37.3 Å². The average molecular weight is 265 g/mol. The zero-order valence-electron chi connectivity index (χ0n) is 10.4. The third kappa shape index (κ3) is 2.43. The van der Waals surface area contributed by atoms with Gasteiger partial charge in [0.05, 0.1) is 5.56 Å². The highest BCUT2D eigenvalue weighted by atomic mass is 32.5. The van der Waals surface area contributed by atoms with Crippen molar-refractivity contribution in [2.24, 2.45) is 0 Å². The summed E-state index contributed by atoms with van der Waals surface area (Å²) in [6.45, 7) is -3.28. The van der Waals surface area contributed by atoms with Crippen molar-refractivity contribution >= 4 is 16.5 Å². The lowest BCUT2D eigenvalue weighted by Gasteiger charge is -2.40. The molecular weight excluding hydrogens is 255 g/mol. The number of aromatic hydroxyl groups is 1. The van der Waals surface area contributed by atoms with E-state index in [0.717, 1.165) is 0 Å². The monoisotopic (exact) mass is 265 g/mol. The molecule has 0 saturated carbocycles. The van der Waals surface area contributed by atoms with E-state index in [-0.39, 0.29) is 18.4 Å². The van der Waals surface area contributed by atoms with Gasteiger partial charge in [0.2, 0.25) is 0 Å². The van der Waals surface area contributed by atoms with Gasteiger partial charge in [-0.2, -0.15) is 0 Å². The van der Waals surface area contributed by atoms with Crippen molar-refractivity contribution in [1.29, 1.82) is 0 Å². The van der Waals surface area contributed by atoms with Crippen LogP contribution >= 0.6 is 10.2 Å². The Labute approximate surface area is 91.6 Å². The molecule has 0 spiro atoms. The standard InChI is InChI=1S/C8H7F5O2S/c1-5-2-7(16(9,10,11,12)13)3-6(4-14)8(5)15/h2-4,15H,1H3/i1D3. The molecule has 1 rings (SSSR count). The van der Waals surface area contributed by atoms with Gasteiger partial charge in [-0.05, 0) is 24.5 Å². The predicted molar refractivity (Wildman–Crippen MR) is 49.6 cm³/mol. The summed E-state index contributed by atoms with van der Waals surface area (Å²) in [4.78, 5) is 7.92. The molecule has 1 aromatic carbocycles. The van der Waals surface area contributed by atoms with Gasteiger partial charge >= 0.3 is 10.2 Å². The molecule has 0 aliphatic heterocycles. The first-order valence-corrected chi connectivity index (χ1v) is 5.58. The number of hydrogen-bond acceptors (Lipinski definition) is 2. The molecule has 1 N–H and O–H groups in total. The quantitative estimate of drug-likeness (QED) is 0.643. The van der Waals surface area contributed by atoms with Crippen molar-refractivity contribution in [2.45, 2.75) is 11.7 Å². The number of carbonyl (C=O) groups excluding carboxylic acids is 1. The lowest BCUT2D eigenvalue weighted by Crippen LogP contribution is -2.07. The molecule has 0 amide bonds.